The lowest BCUT2D eigenvalue weighted by Crippen LogP contribution is -2.15. The predicted molar refractivity (Wildman–Crippen MR) is 58.2 cm³/mol. The van der Waals surface area contributed by atoms with Gasteiger partial charge in [0, 0.05) is 5.69 Å². The van der Waals surface area contributed by atoms with Gasteiger partial charge < -0.3 is 15.2 Å². The summed E-state index contributed by atoms with van der Waals surface area (Å²) in [7, 11) is 1.20. The number of rotatable bonds is 3. The minimum atomic E-state index is -0.720. The van der Waals surface area contributed by atoms with Crippen molar-refractivity contribution in [2.45, 2.75) is 0 Å². The number of nitrogen functional groups attached to an aromatic ring is 1. The highest BCUT2D eigenvalue weighted by Crippen LogP contribution is 2.19. The van der Waals surface area contributed by atoms with E-state index in [1.807, 2.05) is 0 Å². The number of carbonyl (C=O) groups excluding carboxylic acids is 2. The summed E-state index contributed by atoms with van der Waals surface area (Å²) in [6.45, 7) is -0.458. The number of hydrogen-bond acceptors (Lipinski definition) is 5. The second-order valence-electron chi connectivity index (χ2n) is 2.89. The van der Waals surface area contributed by atoms with Crippen LogP contribution >= 0.6 is 11.6 Å². The van der Waals surface area contributed by atoms with Crippen molar-refractivity contribution >= 4 is 29.2 Å². The van der Waals surface area contributed by atoms with E-state index >= 15 is 0 Å². The van der Waals surface area contributed by atoms with Gasteiger partial charge in [-0.15, -0.1) is 0 Å². The van der Waals surface area contributed by atoms with E-state index in [0.29, 0.717) is 5.69 Å². The predicted octanol–water partition coefficient (Wildman–Crippen LogP) is 1.25. The van der Waals surface area contributed by atoms with E-state index in [4.69, 9.17) is 17.3 Å². The molecule has 0 saturated carbocycles. The molecule has 0 heterocycles. The van der Waals surface area contributed by atoms with E-state index < -0.39 is 18.5 Å². The number of hydrogen-bond donors (Lipinski definition) is 1. The standard InChI is InChI=1S/C10H10ClNO4/c1-15-9(13)5-16-10(14)7-4-6(12)2-3-8(7)11/h2-4H,5,12H2,1H3. The second kappa shape index (κ2) is 5.37. The van der Waals surface area contributed by atoms with Crippen LogP contribution in [0.5, 0.6) is 0 Å². The van der Waals surface area contributed by atoms with Gasteiger partial charge in [0.05, 0.1) is 17.7 Å². The van der Waals surface area contributed by atoms with Gasteiger partial charge in [-0.1, -0.05) is 11.6 Å². The molecule has 1 rings (SSSR count). The number of ether oxygens (including phenoxy) is 2. The molecule has 0 spiro atoms. The van der Waals surface area contributed by atoms with Gasteiger partial charge in [-0.05, 0) is 18.2 Å². The summed E-state index contributed by atoms with van der Waals surface area (Å²) in [6, 6.07) is 4.41. The van der Waals surface area contributed by atoms with E-state index in [-0.39, 0.29) is 10.6 Å². The number of benzene rings is 1. The molecule has 0 fully saturated rings. The Labute approximate surface area is 97.1 Å². The van der Waals surface area contributed by atoms with Gasteiger partial charge in [-0.25, -0.2) is 9.59 Å². The fourth-order valence-corrected chi connectivity index (χ4v) is 1.16. The van der Waals surface area contributed by atoms with Gasteiger partial charge in [0.25, 0.3) is 0 Å². The molecule has 0 bridgehead atoms. The molecule has 0 atom stereocenters. The van der Waals surface area contributed by atoms with Crippen molar-refractivity contribution in [2.24, 2.45) is 0 Å². The lowest BCUT2D eigenvalue weighted by Gasteiger charge is -2.05. The van der Waals surface area contributed by atoms with Gasteiger partial charge in [-0.2, -0.15) is 0 Å². The lowest BCUT2D eigenvalue weighted by atomic mass is 10.2. The zero-order valence-electron chi connectivity index (χ0n) is 8.53. The normalized spacial score (nSPS) is 9.62. The van der Waals surface area contributed by atoms with Gasteiger partial charge >= 0.3 is 11.9 Å². The molecular weight excluding hydrogens is 234 g/mol. The smallest absolute Gasteiger partial charge is 0.344 e. The Morgan fingerprint density at radius 1 is 1.44 bits per heavy atom. The number of nitrogens with two attached hydrogens (primary N) is 1. The molecule has 0 radical (unpaired) electrons. The highest BCUT2D eigenvalue weighted by atomic mass is 35.5. The molecule has 0 amide bonds. The van der Waals surface area contributed by atoms with Crippen LogP contribution in [0.2, 0.25) is 5.02 Å². The maximum absolute atomic E-state index is 11.5. The molecule has 6 heteroatoms. The summed E-state index contributed by atoms with van der Waals surface area (Å²) < 4.78 is 8.98. The van der Waals surface area contributed by atoms with Crippen molar-refractivity contribution in [1.29, 1.82) is 0 Å². The average molecular weight is 244 g/mol. The summed E-state index contributed by atoms with van der Waals surface area (Å²) in [5.74, 6) is -1.36. The van der Waals surface area contributed by atoms with Crippen LogP contribution in [0, 0.1) is 0 Å². The topological polar surface area (TPSA) is 78.6 Å². The zero-order chi connectivity index (χ0) is 12.1. The fraction of sp³-hybridized carbons (Fsp3) is 0.200. The van der Waals surface area contributed by atoms with Gasteiger partial charge in [0.2, 0.25) is 0 Å². The summed E-state index contributed by atoms with van der Waals surface area (Å²) in [4.78, 5) is 22.2. The van der Waals surface area contributed by atoms with Gasteiger partial charge in [0.1, 0.15) is 0 Å². The Morgan fingerprint density at radius 3 is 2.75 bits per heavy atom. The van der Waals surface area contributed by atoms with Crippen LogP contribution in [-0.4, -0.2) is 25.7 Å². The van der Waals surface area contributed by atoms with Crippen molar-refractivity contribution in [3.63, 3.8) is 0 Å². The number of methoxy groups -OCH3 is 1. The fourth-order valence-electron chi connectivity index (χ4n) is 0.960. The van der Waals surface area contributed by atoms with Crippen LogP contribution in [0.25, 0.3) is 0 Å². The van der Waals surface area contributed by atoms with Crippen LogP contribution in [0.15, 0.2) is 18.2 Å². The first-order chi connectivity index (χ1) is 7.54. The third-order valence-electron chi connectivity index (χ3n) is 1.76. The second-order valence-corrected chi connectivity index (χ2v) is 3.30. The third kappa shape index (κ3) is 3.13. The first kappa shape index (κ1) is 12.3. The van der Waals surface area contributed by atoms with E-state index in [2.05, 4.69) is 9.47 Å². The molecule has 16 heavy (non-hydrogen) atoms. The molecule has 0 aromatic heterocycles. The largest absolute Gasteiger partial charge is 0.466 e. The van der Waals surface area contributed by atoms with Crippen molar-refractivity contribution in [3.05, 3.63) is 28.8 Å². The Morgan fingerprint density at radius 2 is 2.12 bits per heavy atom. The first-order valence-corrected chi connectivity index (χ1v) is 4.71. The van der Waals surface area contributed by atoms with Crippen molar-refractivity contribution in [1.82, 2.24) is 0 Å². The van der Waals surface area contributed by atoms with Crippen molar-refractivity contribution < 1.29 is 19.1 Å². The molecule has 1 aromatic rings. The number of anilines is 1. The maximum Gasteiger partial charge on any atom is 0.344 e. The Bertz CT molecular complexity index is 419. The van der Waals surface area contributed by atoms with Crippen LogP contribution in [-0.2, 0) is 14.3 Å². The van der Waals surface area contributed by atoms with Crippen molar-refractivity contribution in [3.8, 4) is 0 Å². The number of halogens is 1. The number of carbonyl (C=O) groups is 2. The Hall–Kier alpha value is -1.75. The quantitative estimate of drug-likeness (QED) is 0.639. The highest BCUT2D eigenvalue weighted by molar-refractivity contribution is 6.33. The first-order valence-electron chi connectivity index (χ1n) is 4.33. The molecule has 0 saturated heterocycles. The van der Waals surface area contributed by atoms with E-state index in [1.54, 1.807) is 6.07 Å². The van der Waals surface area contributed by atoms with E-state index in [0.717, 1.165) is 0 Å². The zero-order valence-corrected chi connectivity index (χ0v) is 9.28. The average Bonchev–Trinajstić information content (AvgIpc) is 2.28. The highest BCUT2D eigenvalue weighted by Gasteiger charge is 2.14. The van der Waals surface area contributed by atoms with Crippen LogP contribution < -0.4 is 5.73 Å². The van der Waals surface area contributed by atoms with Crippen LogP contribution in [0.3, 0.4) is 0 Å². The molecule has 0 aliphatic heterocycles. The molecule has 0 unspecified atom stereocenters. The molecule has 1 aromatic carbocycles. The minimum absolute atomic E-state index is 0.116. The Kier molecular flexibility index (Phi) is 4.13. The van der Waals surface area contributed by atoms with Crippen LogP contribution in [0.1, 0.15) is 10.4 Å². The van der Waals surface area contributed by atoms with Crippen molar-refractivity contribution in [2.75, 3.05) is 19.5 Å². The Balaban J connectivity index is 2.73. The van der Waals surface area contributed by atoms with E-state index in [9.17, 15) is 9.59 Å². The summed E-state index contributed by atoms with van der Waals surface area (Å²) >= 11 is 5.77. The summed E-state index contributed by atoms with van der Waals surface area (Å²) in [5.41, 5.74) is 5.99. The molecule has 2 N–H and O–H groups in total. The minimum Gasteiger partial charge on any atom is -0.466 e. The molecule has 86 valence electrons. The van der Waals surface area contributed by atoms with Crippen LogP contribution in [0.4, 0.5) is 5.69 Å². The summed E-state index contributed by atoms with van der Waals surface area (Å²) in [5, 5.41) is 0.212. The molecule has 0 aliphatic rings. The number of esters is 2. The lowest BCUT2D eigenvalue weighted by molar-refractivity contribution is -0.144. The molecular formula is C10H10ClNO4. The maximum atomic E-state index is 11.5. The molecule has 0 aliphatic carbocycles. The summed E-state index contributed by atoms with van der Waals surface area (Å²) in [6.07, 6.45) is 0. The monoisotopic (exact) mass is 243 g/mol. The molecule has 5 nitrogen and oxygen atoms in total. The SMILES string of the molecule is COC(=O)COC(=O)c1cc(N)ccc1Cl. The van der Waals surface area contributed by atoms with E-state index in [1.165, 1.54) is 19.2 Å². The third-order valence-corrected chi connectivity index (χ3v) is 2.09. The van der Waals surface area contributed by atoms with Gasteiger partial charge in [-0.3, -0.25) is 0 Å². The van der Waals surface area contributed by atoms with Gasteiger partial charge in [0.15, 0.2) is 6.61 Å².